The van der Waals surface area contributed by atoms with Gasteiger partial charge in [0.25, 0.3) is 10.0 Å². The number of aryl methyl sites for hydroxylation is 1. The van der Waals surface area contributed by atoms with Crippen LogP contribution in [0.1, 0.15) is 33.3 Å². The highest BCUT2D eigenvalue weighted by atomic mass is 32.2. The summed E-state index contributed by atoms with van der Waals surface area (Å²) in [6.45, 7) is 1.67. The second kappa shape index (κ2) is 8.64. The van der Waals surface area contributed by atoms with Gasteiger partial charge in [0.1, 0.15) is 10.9 Å². The van der Waals surface area contributed by atoms with Crippen LogP contribution >= 0.6 is 11.3 Å². The van der Waals surface area contributed by atoms with Crippen molar-refractivity contribution in [1.82, 2.24) is 0 Å². The van der Waals surface area contributed by atoms with Crippen LogP contribution in [0.25, 0.3) is 10.4 Å². The van der Waals surface area contributed by atoms with Crippen LogP contribution in [0.2, 0.25) is 0 Å². The van der Waals surface area contributed by atoms with Gasteiger partial charge in [0.2, 0.25) is 0 Å². The first kappa shape index (κ1) is 23.3. The van der Waals surface area contributed by atoms with Gasteiger partial charge < -0.3 is 5.11 Å². The van der Waals surface area contributed by atoms with Gasteiger partial charge in [0.05, 0.1) is 21.7 Å². The highest BCUT2D eigenvalue weighted by Gasteiger charge is 2.32. The molecule has 0 amide bonds. The van der Waals surface area contributed by atoms with Crippen molar-refractivity contribution in [3.05, 3.63) is 70.1 Å². The van der Waals surface area contributed by atoms with Crippen LogP contribution in [0.4, 0.5) is 18.9 Å². The van der Waals surface area contributed by atoms with E-state index in [0.29, 0.717) is 21.4 Å². The zero-order valence-corrected chi connectivity index (χ0v) is 18.0. The molecule has 2 aromatic carbocycles. The van der Waals surface area contributed by atoms with E-state index in [1.807, 2.05) is 6.07 Å². The minimum Gasteiger partial charge on any atom is -0.478 e. The molecule has 0 aliphatic heterocycles. The molecule has 0 saturated heterocycles. The normalized spacial score (nSPS) is 11.7. The van der Waals surface area contributed by atoms with Crippen LogP contribution in [-0.4, -0.2) is 19.5 Å². The largest absolute Gasteiger partial charge is 0.478 e. The van der Waals surface area contributed by atoms with E-state index in [0.717, 1.165) is 29.5 Å². The first-order valence-corrected chi connectivity index (χ1v) is 11.4. The maximum Gasteiger partial charge on any atom is 0.416 e. The number of carbonyl (C=O) groups is 1. The molecule has 0 saturated carbocycles. The highest BCUT2D eigenvalue weighted by molar-refractivity contribution is 7.92. The third kappa shape index (κ3) is 4.76. The molecule has 0 bridgehead atoms. The minimum absolute atomic E-state index is 0.153. The maximum absolute atomic E-state index is 13.3. The SMILES string of the molecule is CCc1ccc(C(=O)O)cc1S(=O)(=O)Nc1cc(C(F)(F)F)ccc1-c1ccc(C#N)s1. The van der Waals surface area contributed by atoms with E-state index < -0.39 is 27.7 Å². The fraction of sp³-hybridized carbons (Fsp3) is 0.143. The van der Waals surface area contributed by atoms with E-state index in [9.17, 15) is 31.5 Å². The number of sulfonamides is 1. The summed E-state index contributed by atoms with van der Waals surface area (Å²) in [5.74, 6) is -1.34. The van der Waals surface area contributed by atoms with Crippen molar-refractivity contribution in [3.8, 4) is 16.5 Å². The number of carboxylic acid groups (broad SMARTS) is 1. The van der Waals surface area contributed by atoms with E-state index in [2.05, 4.69) is 4.72 Å². The molecule has 6 nitrogen and oxygen atoms in total. The molecule has 0 aliphatic carbocycles. The van der Waals surface area contributed by atoms with E-state index in [1.54, 1.807) is 6.92 Å². The Labute approximate surface area is 185 Å². The molecular weight excluding hydrogens is 465 g/mol. The Kier molecular flexibility index (Phi) is 6.29. The number of rotatable bonds is 6. The quantitative estimate of drug-likeness (QED) is 0.493. The molecule has 32 heavy (non-hydrogen) atoms. The molecule has 0 fully saturated rings. The van der Waals surface area contributed by atoms with Gasteiger partial charge in [-0.05, 0) is 48.4 Å². The summed E-state index contributed by atoms with van der Waals surface area (Å²) in [7, 11) is -4.44. The first-order valence-electron chi connectivity index (χ1n) is 9.07. The first-order chi connectivity index (χ1) is 15.0. The molecule has 0 radical (unpaired) electrons. The zero-order valence-electron chi connectivity index (χ0n) is 16.4. The van der Waals surface area contributed by atoms with Crippen LogP contribution in [0.15, 0.2) is 53.4 Å². The van der Waals surface area contributed by atoms with Crippen molar-refractivity contribution in [1.29, 1.82) is 5.26 Å². The van der Waals surface area contributed by atoms with Gasteiger partial charge in [-0.25, -0.2) is 13.2 Å². The number of aromatic carboxylic acids is 1. The van der Waals surface area contributed by atoms with E-state index in [4.69, 9.17) is 5.26 Å². The van der Waals surface area contributed by atoms with Crippen molar-refractivity contribution in [2.45, 2.75) is 24.4 Å². The smallest absolute Gasteiger partial charge is 0.416 e. The second-order valence-corrected chi connectivity index (χ2v) is 9.36. The van der Waals surface area contributed by atoms with Gasteiger partial charge in [0.15, 0.2) is 0 Å². The van der Waals surface area contributed by atoms with Gasteiger partial charge in [-0.3, -0.25) is 4.72 Å². The average molecular weight is 480 g/mol. The maximum atomic E-state index is 13.3. The van der Waals surface area contributed by atoms with Crippen molar-refractivity contribution < 1.29 is 31.5 Å². The molecule has 3 aromatic rings. The van der Waals surface area contributed by atoms with E-state index in [-0.39, 0.29) is 28.1 Å². The number of nitriles is 1. The fourth-order valence-electron chi connectivity index (χ4n) is 2.99. The number of nitrogens with one attached hydrogen (secondary N) is 1. The predicted octanol–water partition coefficient (Wildman–Crippen LogP) is 5.37. The average Bonchev–Trinajstić information content (AvgIpc) is 3.21. The standard InChI is InChI=1S/C21H15F3N2O4S2/c1-2-12-3-4-13(20(27)28)9-19(12)32(29,30)26-17-10-14(21(22,23)24)5-7-16(17)18-8-6-15(11-25)31-18/h3-10,26H,2H2,1H3,(H,27,28). The number of thiophene rings is 1. The van der Waals surface area contributed by atoms with Crippen LogP contribution in [0, 0.1) is 11.3 Å². The third-order valence-corrected chi connectivity index (χ3v) is 7.03. The van der Waals surface area contributed by atoms with Crippen LogP contribution in [0.5, 0.6) is 0 Å². The molecule has 1 aromatic heterocycles. The topological polar surface area (TPSA) is 107 Å². The second-order valence-electron chi connectivity index (χ2n) is 6.62. The lowest BCUT2D eigenvalue weighted by molar-refractivity contribution is -0.137. The highest BCUT2D eigenvalue weighted by Crippen LogP contribution is 2.39. The number of nitrogens with zero attached hydrogens (tertiary/aromatic N) is 1. The van der Waals surface area contributed by atoms with Crippen LogP contribution in [0.3, 0.4) is 0 Å². The van der Waals surface area contributed by atoms with Gasteiger partial charge in [0, 0.05) is 10.4 Å². The lowest BCUT2D eigenvalue weighted by Crippen LogP contribution is -2.17. The fourth-order valence-corrected chi connectivity index (χ4v) is 5.24. The lowest BCUT2D eigenvalue weighted by atomic mass is 10.1. The summed E-state index contributed by atoms with van der Waals surface area (Å²) in [6.07, 6.45) is -4.47. The molecule has 0 unspecified atom stereocenters. The van der Waals surface area contributed by atoms with Gasteiger partial charge in [-0.1, -0.05) is 19.1 Å². The molecule has 3 rings (SSSR count). The third-order valence-electron chi connectivity index (χ3n) is 4.56. The van der Waals surface area contributed by atoms with Crippen LogP contribution in [-0.2, 0) is 22.6 Å². The molecule has 0 aliphatic rings. The van der Waals surface area contributed by atoms with E-state index >= 15 is 0 Å². The number of hydrogen-bond acceptors (Lipinski definition) is 5. The Morgan fingerprint density at radius 2 is 1.88 bits per heavy atom. The summed E-state index contributed by atoms with van der Waals surface area (Å²) in [5, 5.41) is 18.2. The summed E-state index contributed by atoms with van der Waals surface area (Å²) >= 11 is 0.994. The predicted molar refractivity (Wildman–Crippen MR) is 113 cm³/mol. The molecule has 0 spiro atoms. The number of anilines is 1. The van der Waals surface area contributed by atoms with Crippen LogP contribution < -0.4 is 4.72 Å². The summed E-state index contributed by atoms with van der Waals surface area (Å²) in [6, 6.07) is 11.1. The molecule has 166 valence electrons. The van der Waals surface area contributed by atoms with E-state index in [1.165, 1.54) is 24.3 Å². The lowest BCUT2D eigenvalue weighted by Gasteiger charge is -2.16. The Morgan fingerprint density at radius 1 is 1.16 bits per heavy atom. The summed E-state index contributed by atoms with van der Waals surface area (Å²) in [4.78, 5) is 11.7. The zero-order chi connectivity index (χ0) is 23.7. The number of hydrogen-bond donors (Lipinski definition) is 2. The molecular formula is C21H15F3N2O4S2. The summed E-state index contributed by atoms with van der Waals surface area (Å²) < 4.78 is 68.3. The number of alkyl halides is 3. The molecule has 1 heterocycles. The van der Waals surface area contributed by atoms with Gasteiger partial charge in [-0.15, -0.1) is 11.3 Å². The minimum atomic E-state index is -4.72. The number of carboxylic acids is 1. The number of benzene rings is 2. The van der Waals surface area contributed by atoms with Gasteiger partial charge in [-0.2, -0.15) is 18.4 Å². The summed E-state index contributed by atoms with van der Waals surface area (Å²) in [5.41, 5.74) is -1.22. The molecule has 0 atom stereocenters. The van der Waals surface area contributed by atoms with Crippen molar-refractivity contribution in [2.75, 3.05) is 4.72 Å². The van der Waals surface area contributed by atoms with Crippen molar-refractivity contribution in [2.24, 2.45) is 0 Å². The molecule has 11 heteroatoms. The Balaban J connectivity index is 2.17. The Bertz CT molecular complexity index is 1340. The van der Waals surface area contributed by atoms with Crippen molar-refractivity contribution in [3.63, 3.8) is 0 Å². The Hall–Kier alpha value is -3.36. The van der Waals surface area contributed by atoms with Gasteiger partial charge >= 0.3 is 12.1 Å². The number of halogens is 3. The van der Waals surface area contributed by atoms with Crippen molar-refractivity contribution >= 4 is 33.0 Å². The molecule has 2 N–H and O–H groups in total. The monoisotopic (exact) mass is 480 g/mol. The Morgan fingerprint density at radius 3 is 2.44 bits per heavy atom.